The van der Waals surface area contributed by atoms with Crippen molar-refractivity contribution in [3.05, 3.63) is 43.5 Å². The normalized spacial score (nSPS) is 12.0. The zero-order valence-electron chi connectivity index (χ0n) is 15.0. The molecule has 0 aliphatic heterocycles. The van der Waals surface area contributed by atoms with Crippen LogP contribution in [0.2, 0.25) is 0 Å². The molecule has 0 unspecified atom stereocenters. The standard InChI is InChI=1S/C17H16BrN7O3/c1-3-6-25-12-13(24(2)17(28)21-15(12)27)20-16(25)23-22-11-9-7-8(18)4-5-10(9)19-14(11)26/h4-5,7,19,26H,3,6H2,1-2H3,(H,21,27,28). The van der Waals surface area contributed by atoms with Crippen molar-refractivity contribution in [3.8, 4) is 5.88 Å². The summed E-state index contributed by atoms with van der Waals surface area (Å²) in [5.74, 6) is 0.0487. The fraction of sp³-hybridized carbons (Fsp3) is 0.235. The van der Waals surface area contributed by atoms with Gasteiger partial charge in [0.1, 0.15) is 0 Å². The third kappa shape index (κ3) is 2.83. The Labute approximate surface area is 165 Å². The van der Waals surface area contributed by atoms with Crippen molar-refractivity contribution in [2.75, 3.05) is 0 Å². The summed E-state index contributed by atoms with van der Waals surface area (Å²) in [6.45, 7) is 2.42. The molecule has 4 aromatic rings. The van der Waals surface area contributed by atoms with Gasteiger partial charge in [0, 0.05) is 23.5 Å². The highest BCUT2D eigenvalue weighted by Gasteiger charge is 2.17. The second-order valence-electron chi connectivity index (χ2n) is 6.27. The summed E-state index contributed by atoms with van der Waals surface area (Å²) < 4.78 is 3.69. The van der Waals surface area contributed by atoms with Crippen LogP contribution in [0.5, 0.6) is 5.88 Å². The first kappa shape index (κ1) is 18.2. The Morgan fingerprint density at radius 1 is 1.25 bits per heavy atom. The quantitative estimate of drug-likeness (QED) is 0.415. The van der Waals surface area contributed by atoms with E-state index in [9.17, 15) is 14.7 Å². The van der Waals surface area contributed by atoms with E-state index in [4.69, 9.17) is 0 Å². The van der Waals surface area contributed by atoms with Crippen LogP contribution in [-0.2, 0) is 13.6 Å². The van der Waals surface area contributed by atoms with E-state index >= 15 is 0 Å². The van der Waals surface area contributed by atoms with E-state index in [1.807, 2.05) is 19.1 Å². The molecule has 10 nitrogen and oxygen atoms in total. The molecule has 3 heterocycles. The first-order valence-electron chi connectivity index (χ1n) is 8.52. The molecule has 0 bridgehead atoms. The fourth-order valence-electron chi connectivity index (χ4n) is 3.07. The van der Waals surface area contributed by atoms with Crippen LogP contribution in [0.3, 0.4) is 0 Å². The van der Waals surface area contributed by atoms with Crippen LogP contribution in [0, 0.1) is 0 Å². The van der Waals surface area contributed by atoms with Crippen molar-refractivity contribution in [3.63, 3.8) is 0 Å². The molecule has 1 aromatic carbocycles. The van der Waals surface area contributed by atoms with Gasteiger partial charge in [-0.15, -0.1) is 10.2 Å². The maximum absolute atomic E-state index is 12.3. The summed E-state index contributed by atoms with van der Waals surface area (Å²) in [7, 11) is 1.52. The van der Waals surface area contributed by atoms with Gasteiger partial charge in [0.2, 0.25) is 5.88 Å². The number of aromatic amines is 2. The number of hydrogen-bond acceptors (Lipinski definition) is 6. The number of aromatic hydroxyl groups is 1. The number of azo groups is 1. The number of H-pyrrole nitrogens is 2. The predicted molar refractivity (Wildman–Crippen MR) is 108 cm³/mol. The fourth-order valence-corrected chi connectivity index (χ4v) is 3.43. The molecule has 0 aliphatic rings. The maximum atomic E-state index is 12.3. The van der Waals surface area contributed by atoms with E-state index < -0.39 is 11.2 Å². The van der Waals surface area contributed by atoms with Gasteiger partial charge in [0.05, 0.1) is 5.52 Å². The number of imidazole rings is 1. The minimum absolute atomic E-state index is 0.125. The number of aryl methyl sites for hydroxylation is 2. The predicted octanol–water partition coefficient (Wildman–Crippen LogP) is 3.20. The Balaban J connectivity index is 1.92. The van der Waals surface area contributed by atoms with Crippen molar-refractivity contribution in [2.24, 2.45) is 17.3 Å². The topological polar surface area (TPSA) is 133 Å². The lowest BCUT2D eigenvalue weighted by Gasteiger charge is -2.03. The Morgan fingerprint density at radius 2 is 2.04 bits per heavy atom. The number of nitrogens with zero attached hydrogens (tertiary/aromatic N) is 5. The van der Waals surface area contributed by atoms with Crippen molar-refractivity contribution < 1.29 is 5.11 Å². The smallest absolute Gasteiger partial charge is 0.329 e. The largest absolute Gasteiger partial charge is 0.493 e. The van der Waals surface area contributed by atoms with Crippen LogP contribution < -0.4 is 11.2 Å². The van der Waals surface area contributed by atoms with E-state index in [0.717, 1.165) is 10.9 Å². The molecule has 0 spiro atoms. The minimum Gasteiger partial charge on any atom is -0.493 e. The van der Waals surface area contributed by atoms with Crippen molar-refractivity contribution in [1.82, 2.24) is 24.1 Å². The van der Waals surface area contributed by atoms with E-state index in [0.29, 0.717) is 17.4 Å². The number of aromatic nitrogens is 5. The highest BCUT2D eigenvalue weighted by atomic mass is 79.9. The molecule has 3 aromatic heterocycles. The highest BCUT2D eigenvalue weighted by Crippen LogP contribution is 2.37. The molecule has 0 saturated carbocycles. The van der Waals surface area contributed by atoms with Crippen LogP contribution in [0.1, 0.15) is 13.3 Å². The number of benzene rings is 1. The number of nitrogens with one attached hydrogen (secondary N) is 2. The van der Waals surface area contributed by atoms with Gasteiger partial charge >= 0.3 is 5.69 Å². The first-order valence-corrected chi connectivity index (χ1v) is 9.31. The highest BCUT2D eigenvalue weighted by molar-refractivity contribution is 9.10. The lowest BCUT2D eigenvalue weighted by molar-refractivity contribution is 0.459. The Bertz CT molecular complexity index is 1360. The van der Waals surface area contributed by atoms with Gasteiger partial charge in [0.25, 0.3) is 11.5 Å². The Hall–Kier alpha value is -3.21. The molecule has 0 fully saturated rings. The SMILES string of the molecule is CCCn1c(N=Nc2c(O)[nH]c3ccc(Br)cc23)nc2c1c(=O)[nH]c(=O)n2C. The van der Waals surface area contributed by atoms with E-state index in [2.05, 4.69) is 41.1 Å². The van der Waals surface area contributed by atoms with Crippen LogP contribution in [0.4, 0.5) is 11.6 Å². The second kappa shape index (κ2) is 6.75. The number of hydrogen-bond donors (Lipinski definition) is 3. The summed E-state index contributed by atoms with van der Waals surface area (Å²) in [6.07, 6.45) is 0.724. The summed E-state index contributed by atoms with van der Waals surface area (Å²) in [5.41, 5.74) is 0.358. The van der Waals surface area contributed by atoms with Gasteiger partial charge < -0.3 is 14.7 Å². The molecular weight excluding hydrogens is 430 g/mol. The van der Waals surface area contributed by atoms with Crippen molar-refractivity contribution >= 4 is 49.6 Å². The minimum atomic E-state index is -0.554. The van der Waals surface area contributed by atoms with Crippen LogP contribution in [-0.4, -0.2) is 29.2 Å². The van der Waals surface area contributed by atoms with Gasteiger partial charge in [0.15, 0.2) is 16.9 Å². The van der Waals surface area contributed by atoms with Gasteiger partial charge in [-0.1, -0.05) is 22.9 Å². The van der Waals surface area contributed by atoms with Crippen molar-refractivity contribution in [1.29, 1.82) is 0 Å². The molecule has 4 rings (SSSR count). The average Bonchev–Trinajstić information content (AvgIpc) is 3.16. The monoisotopic (exact) mass is 445 g/mol. The molecular formula is C17H16BrN7O3. The van der Waals surface area contributed by atoms with Gasteiger partial charge in [-0.25, -0.2) is 4.79 Å². The second-order valence-corrected chi connectivity index (χ2v) is 7.18. The average molecular weight is 446 g/mol. The van der Waals surface area contributed by atoms with E-state index in [-0.39, 0.29) is 28.7 Å². The lowest BCUT2D eigenvalue weighted by atomic mass is 10.2. The molecule has 0 aliphatic carbocycles. The summed E-state index contributed by atoms with van der Waals surface area (Å²) in [6, 6.07) is 5.45. The molecule has 0 saturated heterocycles. The van der Waals surface area contributed by atoms with Crippen LogP contribution in [0.25, 0.3) is 22.1 Å². The Kier molecular flexibility index (Phi) is 4.38. The molecule has 0 radical (unpaired) electrons. The Morgan fingerprint density at radius 3 is 2.79 bits per heavy atom. The molecule has 0 amide bonds. The molecule has 144 valence electrons. The van der Waals surface area contributed by atoms with E-state index in [1.54, 1.807) is 10.6 Å². The molecule has 0 atom stereocenters. The van der Waals surface area contributed by atoms with Gasteiger partial charge in [-0.3, -0.25) is 14.3 Å². The molecule has 28 heavy (non-hydrogen) atoms. The summed E-state index contributed by atoms with van der Waals surface area (Å²) >= 11 is 3.40. The van der Waals surface area contributed by atoms with E-state index in [1.165, 1.54) is 11.6 Å². The first-order chi connectivity index (χ1) is 13.4. The third-order valence-electron chi connectivity index (χ3n) is 4.39. The van der Waals surface area contributed by atoms with Gasteiger partial charge in [-0.05, 0) is 24.6 Å². The van der Waals surface area contributed by atoms with Gasteiger partial charge in [-0.2, -0.15) is 4.98 Å². The van der Waals surface area contributed by atoms with Crippen molar-refractivity contribution in [2.45, 2.75) is 19.9 Å². The number of rotatable bonds is 4. The molecule has 11 heteroatoms. The van der Waals surface area contributed by atoms with Crippen LogP contribution in [0.15, 0.2) is 42.5 Å². The third-order valence-corrected chi connectivity index (χ3v) is 4.88. The number of halogens is 1. The zero-order chi connectivity index (χ0) is 20.0. The lowest BCUT2D eigenvalue weighted by Crippen LogP contribution is -2.29. The number of fused-ring (bicyclic) bond motifs is 2. The zero-order valence-corrected chi connectivity index (χ0v) is 16.6. The maximum Gasteiger partial charge on any atom is 0.329 e. The summed E-state index contributed by atoms with van der Waals surface area (Å²) in [5, 5.41) is 19.2. The summed E-state index contributed by atoms with van der Waals surface area (Å²) in [4.78, 5) is 33.6. The van der Waals surface area contributed by atoms with Crippen LogP contribution >= 0.6 is 15.9 Å². The molecule has 3 N–H and O–H groups in total.